The Kier molecular flexibility index (Phi) is 4.76. The number of carboxylic acid groups (broad SMARTS) is 1. The fourth-order valence-electron chi connectivity index (χ4n) is 2.66. The van der Waals surface area contributed by atoms with Gasteiger partial charge in [0.2, 0.25) is 0 Å². The van der Waals surface area contributed by atoms with Crippen LogP contribution in [0.4, 0.5) is 5.82 Å². The summed E-state index contributed by atoms with van der Waals surface area (Å²) in [7, 11) is 0. The maximum atomic E-state index is 12.2. The third-order valence-electron chi connectivity index (χ3n) is 3.92. The predicted octanol–water partition coefficient (Wildman–Crippen LogP) is 1.34. The van der Waals surface area contributed by atoms with Gasteiger partial charge in [-0.1, -0.05) is 0 Å². The van der Waals surface area contributed by atoms with Crippen molar-refractivity contribution in [2.45, 2.75) is 39.2 Å². The quantitative estimate of drug-likeness (QED) is 0.880. The van der Waals surface area contributed by atoms with E-state index in [1.807, 2.05) is 11.8 Å². The molecule has 1 aliphatic rings. The zero-order chi connectivity index (χ0) is 14.5. The molecule has 0 aromatic carbocycles. The molecule has 1 aromatic rings. The second-order valence-electron chi connectivity index (χ2n) is 5.20. The molecule has 1 N–H and O–H groups in total. The summed E-state index contributed by atoms with van der Waals surface area (Å²) in [5.74, 6) is 0.230. The van der Waals surface area contributed by atoms with E-state index in [2.05, 4.69) is 4.98 Å². The lowest BCUT2D eigenvalue weighted by atomic mass is 9.92. The van der Waals surface area contributed by atoms with Crippen LogP contribution in [0.3, 0.4) is 0 Å². The number of piperidine rings is 1. The first-order valence-electron chi connectivity index (χ1n) is 7.14. The maximum Gasteiger partial charge on any atom is 0.303 e. The number of hydrogen-bond donors (Lipinski definition) is 1. The minimum absolute atomic E-state index is 0.0426. The number of aliphatic carboxylic acids is 1. The molecule has 0 radical (unpaired) electrons. The molecule has 110 valence electrons. The summed E-state index contributed by atoms with van der Waals surface area (Å²) in [5.41, 5.74) is -0.0426. The van der Waals surface area contributed by atoms with Crippen molar-refractivity contribution >= 4 is 11.8 Å². The van der Waals surface area contributed by atoms with Crippen LogP contribution < -0.4 is 10.5 Å². The van der Waals surface area contributed by atoms with Crippen LogP contribution in [-0.2, 0) is 11.3 Å². The Hall–Kier alpha value is -1.85. The van der Waals surface area contributed by atoms with Gasteiger partial charge in [-0.15, -0.1) is 0 Å². The first-order chi connectivity index (χ1) is 9.61. The number of carboxylic acids is 1. The SMILES string of the molecule is CCn1ccnc(N2CCC(CCC(=O)O)CC2)c1=O. The average Bonchev–Trinajstić information content (AvgIpc) is 2.46. The largest absolute Gasteiger partial charge is 0.481 e. The molecular weight excluding hydrogens is 258 g/mol. The van der Waals surface area contributed by atoms with E-state index in [4.69, 9.17) is 5.11 Å². The van der Waals surface area contributed by atoms with Crippen LogP contribution in [0.2, 0.25) is 0 Å². The number of anilines is 1. The molecule has 0 aliphatic carbocycles. The van der Waals surface area contributed by atoms with Crippen molar-refractivity contribution in [1.82, 2.24) is 9.55 Å². The minimum Gasteiger partial charge on any atom is -0.481 e. The Bertz CT molecular complexity index is 519. The van der Waals surface area contributed by atoms with Crippen LogP contribution >= 0.6 is 0 Å². The Morgan fingerprint density at radius 3 is 2.75 bits per heavy atom. The fourth-order valence-corrected chi connectivity index (χ4v) is 2.66. The van der Waals surface area contributed by atoms with E-state index in [1.165, 1.54) is 0 Å². The summed E-state index contributed by atoms with van der Waals surface area (Å²) in [4.78, 5) is 29.0. The fraction of sp³-hybridized carbons (Fsp3) is 0.643. The molecular formula is C14H21N3O3. The molecule has 6 nitrogen and oxygen atoms in total. The van der Waals surface area contributed by atoms with Gasteiger partial charge in [0.05, 0.1) is 0 Å². The van der Waals surface area contributed by atoms with Crippen LogP contribution in [0.15, 0.2) is 17.2 Å². The Morgan fingerprint density at radius 1 is 1.45 bits per heavy atom. The van der Waals surface area contributed by atoms with Crippen LogP contribution in [0.25, 0.3) is 0 Å². The summed E-state index contributed by atoms with van der Waals surface area (Å²) in [6.45, 7) is 4.13. The van der Waals surface area contributed by atoms with E-state index in [9.17, 15) is 9.59 Å². The smallest absolute Gasteiger partial charge is 0.303 e. The number of carbonyl (C=O) groups is 1. The third kappa shape index (κ3) is 3.37. The third-order valence-corrected chi connectivity index (χ3v) is 3.92. The van der Waals surface area contributed by atoms with E-state index in [0.29, 0.717) is 18.3 Å². The zero-order valence-electron chi connectivity index (χ0n) is 11.8. The summed E-state index contributed by atoms with van der Waals surface area (Å²) < 4.78 is 1.65. The lowest BCUT2D eigenvalue weighted by molar-refractivity contribution is -0.137. The molecule has 2 rings (SSSR count). The Morgan fingerprint density at radius 2 is 2.15 bits per heavy atom. The van der Waals surface area contributed by atoms with E-state index in [1.54, 1.807) is 17.0 Å². The van der Waals surface area contributed by atoms with E-state index < -0.39 is 5.97 Å². The van der Waals surface area contributed by atoms with Crippen molar-refractivity contribution in [3.05, 3.63) is 22.7 Å². The summed E-state index contributed by atoms with van der Waals surface area (Å²) in [5, 5.41) is 8.70. The standard InChI is InChI=1S/C14H21N3O3/c1-2-16-10-7-15-13(14(16)20)17-8-5-11(6-9-17)3-4-12(18)19/h7,10-11H,2-6,8-9H2,1H3,(H,18,19). The summed E-state index contributed by atoms with van der Waals surface area (Å²) in [6.07, 6.45) is 6.18. The van der Waals surface area contributed by atoms with Crippen molar-refractivity contribution < 1.29 is 9.90 Å². The first-order valence-corrected chi connectivity index (χ1v) is 7.14. The molecule has 0 atom stereocenters. The molecule has 1 fully saturated rings. The monoisotopic (exact) mass is 279 g/mol. The van der Waals surface area contributed by atoms with Gasteiger partial charge in [-0.2, -0.15) is 0 Å². The average molecular weight is 279 g/mol. The van der Waals surface area contributed by atoms with E-state index in [-0.39, 0.29) is 12.0 Å². The highest BCUT2D eigenvalue weighted by Gasteiger charge is 2.22. The highest BCUT2D eigenvalue weighted by molar-refractivity contribution is 5.66. The second kappa shape index (κ2) is 6.54. The number of hydrogen-bond acceptors (Lipinski definition) is 4. The van der Waals surface area contributed by atoms with Crippen LogP contribution in [-0.4, -0.2) is 33.7 Å². The van der Waals surface area contributed by atoms with Gasteiger partial charge >= 0.3 is 5.97 Å². The number of aromatic nitrogens is 2. The second-order valence-corrected chi connectivity index (χ2v) is 5.20. The van der Waals surface area contributed by atoms with Gasteiger partial charge in [0.25, 0.3) is 5.56 Å². The molecule has 0 bridgehead atoms. The first kappa shape index (κ1) is 14.6. The highest BCUT2D eigenvalue weighted by atomic mass is 16.4. The van der Waals surface area contributed by atoms with Crippen LogP contribution in [0.5, 0.6) is 0 Å². The lowest BCUT2D eigenvalue weighted by Gasteiger charge is -2.32. The van der Waals surface area contributed by atoms with Gasteiger partial charge in [0.1, 0.15) is 0 Å². The molecule has 0 unspecified atom stereocenters. The Balaban J connectivity index is 1.97. The molecule has 2 heterocycles. The molecule has 0 amide bonds. The molecule has 0 spiro atoms. The van der Waals surface area contributed by atoms with Gasteiger partial charge in [-0.05, 0) is 32.1 Å². The van der Waals surface area contributed by atoms with Crippen molar-refractivity contribution in [3.63, 3.8) is 0 Å². The Labute approximate surface area is 118 Å². The molecule has 1 aliphatic heterocycles. The molecule has 0 saturated carbocycles. The zero-order valence-corrected chi connectivity index (χ0v) is 11.8. The lowest BCUT2D eigenvalue weighted by Crippen LogP contribution is -2.39. The van der Waals surface area contributed by atoms with Gasteiger partial charge in [-0.25, -0.2) is 4.98 Å². The number of rotatable bonds is 5. The van der Waals surface area contributed by atoms with Gasteiger partial charge in [0, 0.05) is 38.4 Å². The summed E-state index contributed by atoms with van der Waals surface area (Å²) in [6, 6.07) is 0. The van der Waals surface area contributed by atoms with E-state index >= 15 is 0 Å². The van der Waals surface area contributed by atoms with Crippen molar-refractivity contribution in [2.24, 2.45) is 5.92 Å². The van der Waals surface area contributed by atoms with E-state index in [0.717, 1.165) is 32.4 Å². The number of aryl methyl sites for hydroxylation is 1. The molecule has 6 heteroatoms. The topological polar surface area (TPSA) is 75.4 Å². The minimum atomic E-state index is -0.733. The molecule has 1 aromatic heterocycles. The molecule has 1 saturated heterocycles. The maximum absolute atomic E-state index is 12.2. The van der Waals surface area contributed by atoms with Crippen molar-refractivity contribution in [2.75, 3.05) is 18.0 Å². The van der Waals surface area contributed by atoms with Gasteiger partial charge in [-0.3, -0.25) is 9.59 Å². The molecule has 20 heavy (non-hydrogen) atoms. The van der Waals surface area contributed by atoms with Crippen molar-refractivity contribution in [1.29, 1.82) is 0 Å². The van der Waals surface area contributed by atoms with Gasteiger partial charge in [0.15, 0.2) is 5.82 Å². The summed E-state index contributed by atoms with van der Waals surface area (Å²) >= 11 is 0. The van der Waals surface area contributed by atoms with Gasteiger partial charge < -0.3 is 14.6 Å². The normalized spacial score (nSPS) is 16.4. The van der Waals surface area contributed by atoms with Crippen molar-refractivity contribution in [3.8, 4) is 0 Å². The highest BCUT2D eigenvalue weighted by Crippen LogP contribution is 2.23. The predicted molar refractivity (Wildman–Crippen MR) is 76.0 cm³/mol. The number of nitrogens with zero attached hydrogens (tertiary/aromatic N) is 3. The van der Waals surface area contributed by atoms with Crippen LogP contribution in [0.1, 0.15) is 32.6 Å². The van der Waals surface area contributed by atoms with Crippen LogP contribution in [0, 0.1) is 5.92 Å².